The highest BCUT2D eigenvalue weighted by atomic mass is 16.2. The molecule has 1 aliphatic heterocycles. The van der Waals surface area contributed by atoms with Crippen LogP contribution in [0, 0.1) is 0 Å². The Morgan fingerprint density at radius 2 is 2.04 bits per heavy atom. The van der Waals surface area contributed by atoms with Gasteiger partial charge in [0.15, 0.2) is 0 Å². The lowest BCUT2D eigenvalue weighted by atomic mass is 10.2. The van der Waals surface area contributed by atoms with Crippen molar-refractivity contribution in [3.8, 4) is 0 Å². The number of nitrogens with zero attached hydrogens (tertiary/aromatic N) is 4. The molecule has 0 radical (unpaired) electrons. The average Bonchev–Trinajstić information content (AvgIpc) is 3.05. The van der Waals surface area contributed by atoms with Crippen molar-refractivity contribution in [1.82, 2.24) is 19.8 Å². The van der Waals surface area contributed by atoms with Gasteiger partial charge in [-0.05, 0) is 44.8 Å². The summed E-state index contributed by atoms with van der Waals surface area (Å²) in [4.78, 5) is 24.6. The Bertz CT molecular complexity index is 715. The Balaban J connectivity index is 1.65. The van der Waals surface area contributed by atoms with Gasteiger partial charge in [-0.1, -0.05) is 0 Å². The van der Waals surface area contributed by atoms with Crippen molar-refractivity contribution in [3.05, 3.63) is 42.2 Å². The van der Waals surface area contributed by atoms with Crippen LogP contribution in [0.3, 0.4) is 0 Å². The molecule has 2 aromatic rings. The quantitative estimate of drug-likeness (QED) is 0.887. The van der Waals surface area contributed by atoms with Crippen molar-refractivity contribution >= 4 is 23.2 Å². The third-order valence-electron chi connectivity index (χ3n) is 4.27. The number of hydrogen-bond donors (Lipinski definition) is 2. The number of rotatable bonds is 4. The number of amides is 1. The van der Waals surface area contributed by atoms with E-state index in [0.29, 0.717) is 23.2 Å². The Morgan fingerprint density at radius 3 is 2.67 bits per heavy atom. The highest BCUT2D eigenvalue weighted by Crippen LogP contribution is 2.19. The standard InChI is InChI=1S/C17H22N6O/c1-22(2)14-7-8-23(10-14)17(24)12-3-5-13(6-4-12)21-16-9-15(18)19-11-20-16/h3-6,9,11,14H,7-8,10H2,1-2H3,(H3,18,19,20,21)/t14-/m0/s1. The van der Waals surface area contributed by atoms with Gasteiger partial charge in [0.25, 0.3) is 5.91 Å². The number of nitrogens with one attached hydrogen (secondary N) is 1. The van der Waals surface area contributed by atoms with E-state index in [1.807, 2.05) is 29.2 Å². The predicted octanol–water partition coefficient (Wildman–Crippen LogP) is 1.58. The molecule has 7 heteroatoms. The lowest BCUT2D eigenvalue weighted by Gasteiger charge is -2.20. The Hall–Kier alpha value is -2.67. The fourth-order valence-corrected chi connectivity index (χ4v) is 2.82. The van der Waals surface area contributed by atoms with Gasteiger partial charge >= 0.3 is 0 Å². The van der Waals surface area contributed by atoms with E-state index in [9.17, 15) is 4.79 Å². The van der Waals surface area contributed by atoms with Crippen molar-refractivity contribution in [2.75, 3.05) is 38.2 Å². The second-order valence-corrected chi connectivity index (χ2v) is 6.19. The van der Waals surface area contributed by atoms with E-state index in [4.69, 9.17) is 5.73 Å². The third-order valence-corrected chi connectivity index (χ3v) is 4.27. The van der Waals surface area contributed by atoms with Crippen molar-refractivity contribution in [1.29, 1.82) is 0 Å². The number of benzene rings is 1. The maximum atomic E-state index is 12.6. The first-order chi connectivity index (χ1) is 11.5. The molecule has 1 aromatic heterocycles. The summed E-state index contributed by atoms with van der Waals surface area (Å²) in [5.41, 5.74) is 7.17. The van der Waals surface area contributed by atoms with Crippen LogP contribution in [0.25, 0.3) is 0 Å². The number of aromatic nitrogens is 2. The molecule has 126 valence electrons. The molecule has 0 unspecified atom stereocenters. The van der Waals surface area contributed by atoms with Crippen molar-refractivity contribution < 1.29 is 4.79 Å². The van der Waals surface area contributed by atoms with Crippen LogP contribution in [0.4, 0.5) is 17.3 Å². The molecule has 3 rings (SSSR count). The molecule has 1 aliphatic rings. The van der Waals surface area contributed by atoms with Gasteiger partial charge in [0.1, 0.15) is 18.0 Å². The second-order valence-electron chi connectivity index (χ2n) is 6.19. The first-order valence-electron chi connectivity index (χ1n) is 7.93. The summed E-state index contributed by atoms with van der Waals surface area (Å²) in [5.74, 6) is 1.11. The molecular formula is C17H22N6O. The van der Waals surface area contributed by atoms with E-state index in [2.05, 4.69) is 34.3 Å². The number of nitrogens with two attached hydrogens (primary N) is 1. The molecule has 24 heavy (non-hydrogen) atoms. The Morgan fingerprint density at radius 1 is 1.29 bits per heavy atom. The fourth-order valence-electron chi connectivity index (χ4n) is 2.82. The van der Waals surface area contributed by atoms with Crippen LogP contribution in [-0.4, -0.2) is 58.9 Å². The number of likely N-dealkylation sites (N-methyl/N-ethyl adjacent to an activating group) is 1. The van der Waals surface area contributed by atoms with E-state index >= 15 is 0 Å². The van der Waals surface area contributed by atoms with Gasteiger partial charge in [-0.3, -0.25) is 4.79 Å². The largest absolute Gasteiger partial charge is 0.384 e. The molecule has 1 aromatic carbocycles. The minimum Gasteiger partial charge on any atom is -0.384 e. The number of carbonyl (C=O) groups is 1. The van der Waals surface area contributed by atoms with Gasteiger partial charge in [-0.25, -0.2) is 9.97 Å². The zero-order valence-corrected chi connectivity index (χ0v) is 13.9. The van der Waals surface area contributed by atoms with Crippen LogP contribution in [0.15, 0.2) is 36.7 Å². The summed E-state index contributed by atoms with van der Waals surface area (Å²) in [7, 11) is 4.11. The topological polar surface area (TPSA) is 87.4 Å². The average molecular weight is 326 g/mol. The Kier molecular flexibility index (Phi) is 4.61. The van der Waals surface area contributed by atoms with Gasteiger partial charge in [0.2, 0.25) is 0 Å². The van der Waals surface area contributed by atoms with Crippen molar-refractivity contribution in [3.63, 3.8) is 0 Å². The first-order valence-corrected chi connectivity index (χ1v) is 7.93. The van der Waals surface area contributed by atoms with Gasteiger partial charge in [-0.15, -0.1) is 0 Å². The number of hydrogen-bond acceptors (Lipinski definition) is 6. The fraction of sp³-hybridized carbons (Fsp3) is 0.353. The molecule has 0 spiro atoms. The maximum Gasteiger partial charge on any atom is 0.253 e. The highest BCUT2D eigenvalue weighted by Gasteiger charge is 2.27. The lowest BCUT2D eigenvalue weighted by molar-refractivity contribution is 0.0783. The van der Waals surface area contributed by atoms with Gasteiger partial charge in [-0.2, -0.15) is 0 Å². The van der Waals surface area contributed by atoms with Crippen LogP contribution in [0.2, 0.25) is 0 Å². The monoisotopic (exact) mass is 326 g/mol. The Labute approximate surface area is 141 Å². The SMILES string of the molecule is CN(C)[C@H]1CCN(C(=O)c2ccc(Nc3cc(N)ncn3)cc2)C1. The molecule has 0 saturated carbocycles. The predicted molar refractivity (Wildman–Crippen MR) is 94.2 cm³/mol. The summed E-state index contributed by atoms with van der Waals surface area (Å²) in [6.07, 6.45) is 2.43. The van der Waals surface area contributed by atoms with Gasteiger partial charge in [0.05, 0.1) is 0 Å². The maximum absolute atomic E-state index is 12.6. The summed E-state index contributed by atoms with van der Waals surface area (Å²) in [6.45, 7) is 1.59. The number of carbonyl (C=O) groups excluding carboxylic acids is 1. The van der Waals surface area contributed by atoms with E-state index in [1.54, 1.807) is 6.07 Å². The molecule has 3 N–H and O–H groups in total. The molecular weight excluding hydrogens is 304 g/mol. The van der Waals surface area contributed by atoms with E-state index in [-0.39, 0.29) is 5.91 Å². The van der Waals surface area contributed by atoms with Crippen molar-refractivity contribution in [2.45, 2.75) is 12.5 Å². The molecule has 1 fully saturated rings. The molecule has 7 nitrogen and oxygen atoms in total. The third kappa shape index (κ3) is 3.62. The molecule has 2 heterocycles. The smallest absolute Gasteiger partial charge is 0.253 e. The summed E-state index contributed by atoms with van der Waals surface area (Å²) < 4.78 is 0. The molecule has 0 aliphatic carbocycles. The number of likely N-dealkylation sites (tertiary alicyclic amines) is 1. The second kappa shape index (κ2) is 6.84. The van der Waals surface area contributed by atoms with Crippen LogP contribution in [-0.2, 0) is 0 Å². The van der Waals surface area contributed by atoms with Crippen LogP contribution >= 0.6 is 0 Å². The molecule has 1 amide bonds. The summed E-state index contributed by atoms with van der Waals surface area (Å²) in [5, 5.41) is 3.14. The molecule has 0 bridgehead atoms. The van der Waals surface area contributed by atoms with E-state index in [0.717, 1.165) is 25.2 Å². The number of nitrogen functional groups attached to an aromatic ring is 1. The zero-order chi connectivity index (χ0) is 17.1. The van der Waals surface area contributed by atoms with Crippen molar-refractivity contribution in [2.24, 2.45) is 0 Å². The molecule has 1 saturated heterocycles. The minimum atomic E-state index is 0.0807. The van der Waals surface area contributed by atoms with Crippen LogP contribution < -0.4 is 11.1 Å². The minimum absolute atomic E-state index is 0.0807. The highest BCUT2D eigenvalue weighted by molar-refractivity contribution is 5.94. The van der Waals surface area contributed by atoms with Crippen LogP contribution in [0.5, 0.6) is 0 Å². The normalized spacial score (nSPS) is 17.3. The van der Waals surface area contributed by atoms with E-state index in [1.165, 1.54) is 6.33 Å². The number of anilines is 3. The first kappa shape index (κ1) is 16.2. The molecule has 1 atom stereocenters. The zero-order valence-electron chi connectivity index (χ0n) is 13.9. The lowest BCUT2D eigenvalue weighted by Crippen LogP contribution is -2.34. The van der Waals surface area contributed by atoms with Crippen LogP contribution in [0.1, 0.15) is 16.8 Å². The summed E-state index contributed by atoms with van der Waals surface area (Å²) >= 11 is 0. The van der Waals surface area contributed by atoms with Gasteiger partial charge in [0, 0.05) is 36.4 Å². The summed E-state index contributed by atoms with van der Waals surface area (Å²) in [6, 6.07) is 9.50. The van der Waals surface area contributed by atoms with E-state index < -0.39 is 0 Å². The van der Waals surface area contributed by atoms with Gasteiger partial charge < -0.3 is 20.9 Å².